The number of nitrogens with one attached hydrogen (secondary N) is 3. The van der Waals surface area contributed by atoms with Crippen molar-refractivity contribution in [1.29, 1.82) is 0 Å². The number of likely N-dealkylation sites (N-methyl/N-ethyl adjacent to an activating group) is 1. The molecule has 1 unspecified atom stereocenters. The van der Waals surface area contributed by atoms with E-state index in [1.54, 1.807) is 25.2 Å². The summed E-state index contributed by atoms with van der Waals surface area (Å²) in [5.74, 6) is -2.83. The number of hydrogen-bond acceptors (Lipinski definition) is 6. The molecule has 224 valence electrons. The quantitative estimate of drug-likeness (QED) is 0.216. The Morgan fingerprint density at radius 1 is 1.20 bits per heavy atom. The van der Waals surface area contributed by atoms with Crippen LogP contribution in [0.4, 0.5) is 8.78 Å². The Hall–Kier alpha value is -2.11. The number of amides is 1. The standard InChI is InChI=1S/C30H37Cl2F2N3O4/c1-35-30(21-9-8-18(31)14-23(21)33)24(15-29(17-39)11-3-2-4-12-29)37-27(28(41)36-13-10-19(40)16-38)25(30)20-6-5-7-22(32)26(20)34/h2-3,5-9,14,19,24-25,27,35,37-40H,4,10-13,15-17H2,1H3,(H,36,41)/t19-,24-,25-,27+,29?,30+/m0/s1. The Balaban J connectivity index is 1.90. The minimum atomic E-state index is -1.38. The fourth-order valence-corrected chi connectivity index (χ4v) is 6.87. The molecule has 0 radical (unpaired) electrons. The molecule has 6 N–H and O–H groups in total. The van der Waals surface area contributed by atoms with Gasteiger partial charge in [-0.25, -0.2) is 8.78 Å². The first-order valence-electron chi connectivity index (χ1n) is 13.8. The van der Waals surface area contributed by atoms with Gasteiger partial charge in [0.15, 0.2) is 0 Å². The molecule has 6 atom stereocenters. The molecule has 0 spiro atoms. The maximum Gasteiger partial charge on any atom is 0.237 e. The van der Waals surface area contributed by atoms with Crippen LogP contribution in [0, 0.1) is 17.0 Å². The lowest BCUT2D eigenvalue weighted by Crippen LogP contribution is -2.55. The van der Waals surface area contributed by atoms with Gasteiger partial charge in [-0.05, 0) is 68.3 Å². The van der Waals surface area contributed by atoms with Crippen LogP contribution in [0.15, 0.2) is 48.6 Å². The molecule has 2 aromatic carbocycles. The first-order valence-corrected chi connectivity index (χ1v) is 14.5. The minimum Gasteiger partial charge on any atom is -0.396 e. The molecule has 0 bridgehead atoms. The van der Waals surface area contributed by atoms with Crippen LogP contribution in [0.1, 0.15) is 49.1 Å². The molecule has 1 saturated heterocycles. The smallest absolute Gasteiger partial charge is 0.237 e. The van der Waals surface area contributed by atoms with E-state index in [4.69, 9.17) is 28.3 Å². The summed E-state index contributed by atoms with van der Waals surface area (Å²) in [5.41, 5.74) is -1.62. The van der Waals surface area contributed by atoms with Crippen LogP contribution in [0.2, 0.25) is 10.0 Å². The molecule has 1 fully saturated rings. The van der Waals surface area contributed by atoms with Crippen molar-refractivity contribution in [2.24, 2.45) is 5.41 Å². The maximum atomic E-state index is 15.9. The van der Waals surface area contributed by atoms with E-state index in [1.165, 1.54) is 18.2 Å². The third-order valence-electron chi connectivity index (χ3n) is 8.66. The van der Waals surface area contributed by atoms with Crippen LogP contribution in [-0.4, -0.2) is 66.2 Å². The summed E-state index contributed by atoms with van der Waals surface area (Å²) in [5, 5.41) is 39.0. The van der Waals surface area contributed by atoms with Gasteiger partial charge in [0, 0.05) is 35.7 Å². The summed E-state index contributed by atoms with van der Waals surface area (Å²) >= 11 is 12.4. The summed E-state index contributed by atoms with van der Waals surface area (Å²) < 4.78 is 31.7. The third kappa shape index (κ3) is 6.32. The fraction of sp³-hybridized carbons (Fsp3) is 0.500. The Kier molecular flexibility index (Phi) is 10.4. The van der Waals surface area contributed by atoms with Crippen molar-refractivity contribution in [2.45, 2.75) is 61.7 Å². The van der Waals surface area contributed by atoms with Crippen LogP contribution in [-0.2, 0) is 10.3 Å². The molecule has 1 aliphatic heterocycles. The normalized spacial score (nSPS) is 28.5. The van der Waals surface area contributed by atoms with E-state index in [-0.39, 0.29) is 40.7 Å². The molecule has 11 heteroatoms. The van der Waals surface area contributed by atoms with Crippen molar-refractivity contribution < 1.29 is 28.9 Å². The zero-order valence-electron chi connectivity index (χ0n) is 22.8. The predicted octanol–water partition coefficient (Wildman–Crippen LogP) is 3.78. The summed E-state index contributed by atoms with van der Waals surface area (Å²) in [6.07, 6.45) is 5.57. The van der Waals surface area contributed by atoms with E-state index < -0.39 is 59.2 Å². The monoisotopic (exact) mass is 611 g/mol. The third-order valence-corrected chi connectivity index (χ3v) is 9.19. The van der Waals surface area contributed by atoms with E-state index >= 15 is 8.78 Å². The van der Waals surface area contributed by atoms with Gasteiger partial charge in [0.25, 0.3) is 0 Å². The Labute approximate surface area is 248 Å². The number of aliphatic hydroxyl groups is 3. The lowest BCUT2D eigenvalue weighted by atomic mass is 9.65. The topological polar surface area (TPSA) is 114 Å². The molecule has 0 aromatic heterocycles. The van der Waals surface area contributed by atoms with Crippen LogP contribution in [0.5, 0.6) is 0 Å². The van der Waals surface area contributed by atoms with Gasteiger partial charge in [-0.3, -0.25) is 4.79 Å². The average Bonchev–Trinajstić information content (AvgIpc) is 3.28. The highest BCUT2D eigenvalue weighted by atomic mass is 35.5. The fourth-order valence-electron chi connectivity index (χ4n) is 6.53. The lowest BCUT2D eigenvalue weighted by Gasteiger charge is -2.45. The minimum absolute atomic E-state index is 0.0569. The Morgan fingerprint density at radius 2 is 1.98 bits per heavy atom. The number of halogens is 4. The molecule has 2 aromatic rings. The maximum absolute atomic E-state index is 15.9. The zero-order chi connectivity index (χ0) is 29.8. The molecule has 1 amide bonds. The van der Waals surface area contributed by atoms with Gasteiger partial charge >= 0.3 is 0 Å². The van der Waals surface area contributed by atoms with Crippen molar-refractivity contribution in [1.82, 2.24) is 16.0 Å². The van der Waals surface area contributed by atoms with Crippen molar-refractivity contribution in [3.63, 3.8) is 0 Å². The Bertz CT molecular complexity index is 1270. The van der Waals surface area contributed by atoms with Gasteiger partial charge in [-0.1, -0.05) is 53.6 Å². The average molecular weight is 613 g/mol. The van der Waals surface area contributed by atoms with Gasteiger partial charge in [0.1, 0.15) is 11.6 Å². The van der Waals surface area contributed by atoms with Crippen LogP contribution < -0.4 is 16.0 Å². The van der Waals surface area contributed by atoms with E-state index in [1.807, 2.05) is 6.08 Å². The number of benzene rings is 2. The summed E-state index contributed by atoms with van der Waals surface area (Å²) in [7, 11) is 1.64. The number of hydrogen-bond donors (Lipinski definition) is 6. The van der Waals surface area contributed by atoms with Gasteiger partial charge in [-0.15, -0.1) is 0 Å². The molecule has 1 heterocycles. The van der Waals surface area contributed by atoms with Crippen molar-refractivity contribution >= 4 is 29.1 Å². The molecular formula is C30H37Cl2F2N3O4. The molecule has 4 rings (SSSR count). The highest BCUT2D eigenvalue weighted by Gasteiger charge is 2.60. The van der Waals surface area contributed by atoms with Gasteiger partial charge in [0.2, 0.25) is 5.91 Å². The highest BCUT2D eigenvalue weighted by Crippen LogP contribution is 2.52. The second-order valence-electron chi connectivity index (χ2n) is 11.1. The number of carbonyl (C=O) groups excluding carboxylic acids is 1. The van der Waals surface area contributed by atoms with E-state index in [0.29, 0.717) is 19.3 Å². The van der Waals surface area contributed by atoms with E-state index in [9.17, 15) is 15.0 Å². The largest absolute Gasteiger partial charge is 0.396 e. The zero-order valence-corrected chi connectivity index (χ0v) is 24.4. The molecule has 1 aliphatic carbocycles. The summed E-state index contributed by atoms with van der Waals surface area (Å²) in [6.45, 7) is -0.516. The number of aliphatic hydroxyl groups excluding tert-OH is 3. The molecule has 41 heavy (non-hydrogen) atoms. The van der Waals surface area contributed by atoms with Crippen molar-refractivity contribution in [3.8, 4) is 0 Å². The second-order valence-corrected chi connectivity index (χ2v) is 11.9. The van der Waals surface area contributed by atoms with Crippen LogP contribution in [0.3, 0.4) is 0 Å². The summed E-state index contributed by atoms with van der Waals surface area (Å²) in [4.78, 5) is 13.8. The van der Waals surface area contributed by atoms with Crippen molar-refractivity contribution in [3.05, 3.63) is 81.4 Å². The van der Waals surface area contributed by atoms with Gasteiger partial charge in [-0.2, -0.15) is 0 Å². The number of allylic oxidation sites excluding steroid dienone is 2. The van der Waals surface area contributed by atoms with E-state index in [2.05, 4.69) is 22.0 Å². The van der Waals surface area contributed by atoms with Crippen LogP contribution in [0.25, 0.3) is 0 Å². The molecular weight excluding hydrogens is 575 g/mol. The highest BCUT2D eigenvalue weighted by molar-refractivity contribution is 6.31. The van der Waals surface area contributed by atoms with E-state index in [0.717, 1.165) is 6.42 Å². The predicted molar refractivity (Wildman–Crippen MR) is 155 cm³/mol. The van der Waals surface area contributed by atoms with Crippen molar-refractivity contribution in [2.75, 3.05) is 26.8 Å². The lowest BCUT2D eigenvalue weighted by molar-refractivity contribution is -0.123. The molecule has 7 nitrogen and oxygen atoms in total. The van der Waals surface area contributed by atoms with Gasteiger partial charge < -0.3 is 31.3 Å². The number of rotatable bonds is 11. The first-order chi connectivity index (χ1) is 19.6. The number of carbonyl (C=O) groups is 1. The Morgan fingerprint density at radius 3 is 2.61 bits per heavy atom. The summed E-state index contributed by atoms with van der Waals surface area (Å²) in [6, 6.07) is 7.11. The molecule has 2 aliphatic rings. The van der Waals surface area contributed by atoms with Crippen LogP contribution >= 0.6 is 23.2 Å². The molecule has 0 saturated carbocycles. The second kappa shape index (κ2) is 13.5. The first kappa shape index (κ1) is 31.8. The van der Waals surface area contributed by atoms with Gasteiger partial charge in [0.05, 0.1) is 29.3 Å². The SMILES string of the molecule is CN[C@]1(c2ccc(Cl)cc2F)[C@H](CC2(CO)CC=CCC2)N[C@@H](C(=O)NCC[C@H](O)CO)[C@@H]1c1cccc(Cl)c1F.